The topological polar surface area (TPSA) is 109 Å². The molecule has 0 aromatic rings. The highest BCUT2D eigenvalue weighted by Gasteiger charge is 2.31. The van der Waals surface area contributed by atoms with Crippen molar-refractivity contribution in [1.29, 1.82) is 15.8 Å². The van der Waals surface area contributed by atoms with Gasteiger partial charge in [0, 0.05) is 25.9 Å². The van der Waals surface area contributed by atoms with Gasteiger partial charge in [0.15, 0.2) is 5.25 Å². The van der Waals surface area contributed by atoms with E-state index >= 15 is 0 Å². The van der Waals surface area contributed by atoms with E-state index in [0.29, 0.717) is 45.2 Å². The van der Waals surface area contributed by atoms with Crippen molar-refractivity contribution in [2.24, 2.45) is 0 Å². The van der Waals surface area contributed by atoms with Gasteiger partial charge in [0.25, 0.3) is 0 Å². The lowest BCUT2D eigenvalue weighted by atomic mass is 10.2. The van der Waals surface area contributed by atoms with E-state index in [1.165, 1.54) is 4.31 Å². The van der Waals surface area contributed by atoms with Crippen molar-refractivity contribution in [3.05, 3.63) is 0 Å². The summed E-state index contributed by atoms with van der Waals surface area (Å²) >= 11 is 0. The molecule has 0 aliphatic carbocycles. The summed E-state index contributed by atoms with van der Waals surface area (Å²) in [5.41, 5.74) is 0. The Morgan fingerprint density at radius 3 is 1.76 bits per heavy atom. The summed E-state index contributed by atoms with van der Waals surface area (Å²) in [4.78, 5) is 0. The Bertz CT molecular complexity index is 545. The molecule has 0 fully saturated rings. The van der Waals surface area contributed by atoms with E-state index in [0.717, 1.165) is 38.5 Å². The molecule has 0 aliphatic heterocycles. The van der Waals surface area contributed by atoms with Crippen LogP contribution < -0.4 is 0 Å². The fourth-order valence-electron chi connectivity index (χ4n) is 2.55. The van der Waals surface area contributed by atoms with Gasteiger partial charge < -0.3 is 0 Å². The third-order valence-corrected chi connectivity index (χ3v) is 6.22. The third kappa shape index (κ3) is 10.1. The first-order valence-corrected chi connectivity index (χ1v) is 10.7. The van der Waals surface area contributed by atoms with Crippen molar-refractivity contribution in [1.82, 2.24) is 4.31 Å². The SMILES string of the molecule is CCCCC(C#N)S(=O)(=O)N(CCCCCC#N)CCCCCC#N. The van der Waals surface area contributed by atoms with Gasteiger partial charge in [-0.1, -0.05) is 32.6 Å². The molecule has 0 saturated heterocycles. The minimum Gasteiger partial charge on any atom is -0.211 e. The second-order valence-electron chi connectivity index (χ2n) is 6.14. The van der Waals surface area contributed by atoms with Gasteiger partial charge in [0.05, 0.1) is 18.2 Å². The molecular formula is C18H30N4O2S. The number of nitrogens with zero attached hydrogens (tertiary/aromatic N) is 4. The molecule has 6 nitrogen and oxygen atoms in total. The molecular weight excluding hydrogens is 336 g/mol. The Morgan fingerprint density at radius 2 is 1.36 bits per heavy atom. The fourth-order valence-corrected chi connectivity index (χ4v) is 4.28. The van der Waals surface area contributed by atoms with Crippen LogP contribution >= 0.6 is 0 Å². The maximum absolute atomic E-state index is 12.8. The molecule has 0 N–H and O–H groups in total. The van der Waals surface area contributed by atoms with Gasteiger partial charge in [-0.2, -0.15) is 15.8 Å². The molecule has 0 aromatic carbocycles. The molecule has 25 heavy (non-hydrogen) atoms. The van der Waals surface area contributed by atoms with Crippen molar-refractivity contribution in [3.8, 4) is 18.2 Å². The Hall–Kier alpha value is -1.62. The van der Waals surface area contributed by atoms with Gasteiger partial charge in [-0.25, -0.2) is 12.7 Å². The maximum atomic E-state index is 12.8. The zero-order valence-corrected chi connectivity index (χ0v) is 16.1. The quantitative estimate of drug-likeness (QED) is 0.409. The molecule has 0 amide bonds. The van der Waals surface area contributed by atoms with Crippen molar-refractivity contribution >= 4 is 10.0 Å². The number of nitriles is 3. The summed E-state index contributed by atoms with van der Waals surface area (Å²) in [6.45, 7) is 2.77. The van der Waals surface area contributed by atoms with Gasteiger partial charge in [-0.3, -0.25) is 0 Å². The van der Waals surface area contributed by atoms with Crippen molar-refractivity contribution in [2.75, 3.05) is 13.1 Å². The fraction of sp³-hybridized carbons (Fsp3) is 0.833. The largest absolute Gasteiger partial charge is 0.230 e. The molecule has 0 aromatic heterocycles. The number of hydrogen-bond acceptors (Lipinski definition) is 5. The maximum Gasteiger partial charge on any atom is 0.230 e. The number of unbranched alkanes of at least 4 members (excludes halogenated alkanes) is 7. The van der Waals surface area contributed by atoms with Crippen LogP contribution in [0.25, 0.3) is 0 Å². The zero-order valence-electron chi connectivity index (χ0n) is 15.3. The lowest BCUT2D eigenvalue weighted by Crippen LogP contribution is -2.39. The van der Waals surface area contributed by atoms with Crippen molar-refractivity contribution < 1.29 is 8.42 Å². The first-order chi connectivity index (χ1) is 12.0. The van der Waals surface area contributed by atoms with Gasteiger partial charge in [-0.05, 0) is 32.1 Å². The van der Waals surface area contributed by atoms with Crippen LogP contribution in [0.3, 0.4) is 0 Å². The molecule has 1 unspecified atom stereocenters. The molecule has 1 atom stereocenters. The predicted molar refractivity (Wildman–Crippen MR) is 97.6 cm³/mol. The van der Waals surface area contributed by atoms with E-state index in [9.17, 15) is 13.7 Å². The first-order valence-electron chi connectivity index (χ1n) is 9.17. The molecule has 0 spiro atoms. The number of hydrogen-bond donors (Lipinski definition) is 0. The highest BCUT2D eigenvalue weighted by molar-refractivity contribution is 7.90. The minimum absolute atomic E-state index is 0.370. The van der Waals surface area contributed by atoms with Crippen LogP contribution in [0.2, 0.25) is 0 Å². The lowest BCUT2D eigenvalue weighted by Gasteiger charge is -2.24. The van der Waals surface area contributed by atoms with Crippen molar-refractivity contribution in [2.45, 2.75) is 82.8 Å². The summed E-state index contributed by atoms with van der Waals surface area (Å²) in [5, 5.41) is 25.4. The smallest absolute Gasteiger partial charge is 0.211 e. The van der Waals surface area contributed by atoms with E-state index in [-0.39, 0.29) is 0 Å². The molecule has 0 rings (SSSR count). The molecule has 0 bridgehead atoms. The van der Waals surface area contributed by atoms with E-state index < -0.39 is 15.3 Å². The van der Waals surface area contributed by atoms with Crippen LogP contribution in [0, 0.1) is 34.0 Å². The molecule has 0 saturated carbocycles. The minimum atomic E-state index is -3.63. The van der Waals surface area contributed by atoms with Crippen LogP contribution in [-0.2, 0) is 10.0 Å². The summed E-state index contributed by atoms with van der Waals surface area (Å²) in [5.74, 6) is 0. The molecule has 0 aliphatic rings. The van der Waals surface area contributed by atoms with Crippen LogP contribution in [0.15, 0.2) is 0 Å². The normalized spacial score (nSPS) is 12.3. The second-order valence-corrected chi connectivity index (χ2v) is 8.26. The highest BCUT2D eigenvalue weighted by atomic mass is 32.2. The first kappa shape index (κ1) is 23.4. The average Bonchev–Trinajstić information content (AvgIpc) is 2.59. The Labute approximate surface area is 153 Å². The highest BCUT2D eigenvalue weighted by Crippen LogP contribution is 2.17. The summed E-state index contributed by atoms with van der Waals surface area (Å²) in [6.07, 6.45) is 7.46. The Balaban J connectivity index is 4.79. The van der Waals surface area contributed by atoms with E-state index in [1.54, 1.807) is 0 Å². The molecule has 140 valence electrons. The van der Waals surface area contributed by atoms with Crippen molar-refractivity contribution in [3.63, 3.8) is 0 Å². The van der Waals surface area contributed by atoms with Gasteiger partial charge in [-0.15, -0.1) is 0 Å². The van der Waals surface area contributed by atoms with Crippen LogP contribution in [0.4, 0.5) is 0 Å². The molecule has 7 heteroatoms. The van der Waals surface area contributed by atoms with Gasteiger partial charge >= 0.3 is 0 Å². The predicted octanol–water partition coefficient (Wildman–Crippen LogP) is 3.87. The van der Waals surface area contributed by atoms with E-state index in [2.05, 4.69) is 12.1 Å². The number of rotatable bonds is 15. The van der Waals surface area contributed by atoms with Gasteiger partial charge in [0.1, 0.15) is 0 Å². The summed E-state index contributed by atoms with van der Waals surface area (Å²) in [6, 6.07) is 6.14. The van der Waals surface area contributed by atoms with E-state index in [1.807, 2.05) is 13.0 Å². The summed E-state index contributed by atoms with van der Waals surface area (Å²) < 4.78 is 27.1. The van der Waals surface area contributed by atoms with Gasteiger partial charge in [0.2, 0.25) is 10.0 Å². The molecule has 0 radical (unpaired) electrons. The Kier molecular flexibility index (Phi) is 13.7. The molecule has 0 heterocycles. The lowest BCUT2D eigenvalue weighted by molar-refractivity contribution is 0.382. The standard InChI is InChI=1S/C18H30N4O2S/c1-2-3-12-18(17-21)25(23,24)22(15-10-6-4-8-13-19)16-11-7-5-9-14-20/h18H,2-12,15-16H2,1H3. The van der Waals surface area contributed by atoms with Crippen LogP contribution in [0.1, 0.15) is 77.6 Å². The second kappa shape index (κ2) is 14.7. The van der Waals surface area contributed by atoms with E-state index in [4.69, 9.17) is 10.5 Å². The average molecular weight is 367 g/mol. The Morgan fingerprint density at radius 1 is 0.840 bits per heavy atom. The monoisotopic (exact) mass is 366 g/mol. The number of sulfonamides is 1. The summed E-state index contributed by atoms with van der Waals surface area (Å²) in [7, 11) is -3.63. The zero-order chi connectivity index (χ0) is 19.0. The van der Waals surface area contributed by atoms with Crippen LogP contribution in [-0.4, -0.2) is 31.1 Å². The third-order valence-electron chi connectivity index (χ3n) is 4.08. The van der Waals surface area contributed by atoms with Crippen LogP contribution in [0.5, 0.6) is 0 Å².